The molecule has 0 saturated heterocycles. The number of carbonyl (C=O) groups excluding carboxylic acids is 1. The van der Waals surface area contributed by atoms with Crippen LogP contribution in [-0.4, -0.2) is 23.9 Å². The fraction of sp³-hybridized carbons (Fsp3) is 0.500. The third-order valence-electron chi connectivity index (χ3n) is 2.35. The Labute approximate surface area is 91.1 Å². The Balaban J connectivity index is 2.81. The van der Waals surface area contributed by atoms with Crippen molar-refractivity contribution in [1.29, 1.82) is 0 Å². The Kier molecular flexibility index (Phi) is 4.28. The first kappa shape index (κ1) is 11.7. The van der Waals surface area contributed by atoms with Gasteiger partial charge in [0.05, 0.1) is 0 Å². The first-order valence-corrected chi connectivity index (χ1v) is 5.41. The van der Waals surface area contributed by atoms with Crippen molar-refractivity contribution in [2.75, 3.05) is 18.0 Å². The summed E-state index contributed by atoms with van der Waals surface area (Å²) in [6.45, 7) is 7.76. The minimum absolute atomic E-state index is 0.0626. The van der Waals surface area contributed by atoms with Crippen molar-refractivity contribution in [3.8, 4) is 0 Å². The number of aromatic nitrogens is 1. The molecule has 0 aliphatic rings. The Morgan fingerprint density at radius 3 is 2.53 bits per heavy atom. The zero-order chi connectivity index (χ0) is 11.3. The molecule has 3 heteroatoms. The number of hydrogen-bond acceptors (Lipinski definition) is 3. The fourth-order valence-corrected chi connectivity index (χ4v) is 1.49. The fourth-order valence-electron chi connectivity index (χ4n) is 1.49. The average Bonchev–Trinajstić information content (AvgIpc) is 2.26. The highest BCUT2D eigenvalue weighted by molar-refractivity contribution is 5.93. The molecule has 0 spiro atoms. The maximum Gasteiger partial charge on any atom is 0.161 e. The van der Waals surface area contributed by atoms with Crippen molar-refractivity contribution in [2.45, 2.75) is 27.2 Å². The minimum atomic E-state index is 0.0626. The number of anilines is 1. The summed E-state index contributed by atoms with van der Waals surface area (Å²) in [5.74, 6) is 1.01. The highest BCUT2D eigenvalue weighted by Gasteiger charge is 2.05. The molecule has 1 heterocycles. The smallest absolute Gasteiger partial charge is 0.161 e. The highest BCUT2D eigenvalue weighted by Crippen LogP contribution is 2.11. The third kappa shape index (κ3) is 3.05. The first-order chi connectivity index (χ1) is 7.19. The van der Waals surface area contributed by atoms with Gasteiger partial charge in [0.15, 0.2) is 5.78 Å². The van der Waals surface area contributed by atoms with Crippen LogP contribution < -0.4 is 4.90 Å². The van der Waals surface area contributed by atoms with Crippen molar-refractivity contribution < 1.29 is 4.79 Å². The lowest BCUT2D eigenvalue weighted by Gasteiger charge is -2.20. The van der Waals surface area contributed by atoms with Crippen LogP contribution in [0.15, 0.2) is 18.3 Å². The number of ketones is 1. The van der Waals surface area contributed by atoms with E-state index in [1.807, 2.05) is 12.1 Å². The molecule has 0 fully saturated rings. The topological polar surface area (TPSA) is 33.2 Å². The lowest BCUT2D eigenvalue weighted by molar-refractivity contribution is 0.101. The lowest BCUT2D eigenvalue weighted by Crippen LogP contribution is -2.24. The van der Waals surface area contributed by atoms with Crippen LogP contribution in [0.5, 0.6) is 0 Å². The Morgan fingerprint density at radius 2 is 2.13 bits per heavy atom. The molecule has 0 atom stereocenters. The van der Waals surface area contributed by atoms with E-state index in [4.69, 9.17) is 0 Å². The molecule has 82 valence electrons. The number of rotatable bonds is 5. The second kappa shape index (κ2) is 5.49. The molecule has 0 saturated carbocycles. The van der Waals surface area contributed by atoms with Crippen LogP contribution in [0.25, 0.3) is 0 Å². The van der Waals surface area contributed by atoms with Gasteiger partial charge in [0.2, 0.25) is 0 Å². The zero-order valence-corrected chi connectivity index (χ0v) is 9.66. The molecule has 0 radical (unpaired) electrons. The average molecular weight is 206 g/mol. The van der Waals surface area contributed by atoms with Gasteiger partial charge >= 0.3 is 0 Å². The molecule has 0 N–H and O–H groups in total. The van der Waals surface area contributed by atoms with Gasteiger partial charge in [-0.15, -0.1) is 0 Å². The van der Waals surface area contributed by atoms with Gasteiger partial charge in [-0.2, -0.15) is 0 Å². The normalized spacial score (nSPS) is 10.1. The quantitative estimate of drug-likeness (QED) is 0.694. The van der Waals surface area contributed by atoms with Crippen molar-refractivity contribution in [3.63, 3.8) is 0 Å². The van der Waals surface area contributed by atoms with Crippen molar-refractivity contribution in [1.82, 2.24) is 4.98 Å². The van der Waals surface area contributed by atoms with E-state index in [2.05, 4.69) is 23.7 Å². The van der Waals surface area contributed by atoms with Crippen LogP contribution >= 0.6 is 0 Å². The van der Waals surface area contributed by atoms with Crippen molar-refractivity contribution in [2.24, 2.45) is 0 Å². The van der Waals surface area contributed by atoms with Crippen LogP contribution in [0.3, 0.4) is 0 Å². The maximum absolute atomic E-state index is 11.1. The predicted molar refractivity (Wildman–Crippen MR) is 62.4 cm³/mol. The van der Waals surface area contributed by atoms with Gasteiger partial charge in [-0.05, 0) is 32.4 Å². The van der Waals surface area contributed by atoms with Gasteiger partial charge in [-0.25, -0.2) is 4.98 Å². The molecular weight excluding hydrogens is 188 g/mol. The van der Waals surface area contributed by atoms with Crippen LogP contribution in [0.4, 0.5) is 5.82 Å². The van der Waals surface area contributed by atoms with Crippen LogP contribution in [0.1, 0.15) is 37.6 Å². The van der Waals surface area contributed by atoms with Crippen LogP contribution in [0, 0.1) is 0 Å². The summed E-state index contributed by atoms with van der Waals surface area (Å²) in [6, 6.07) is 3.75. The van der Waals surface area contributed by atoms with E-state index in [-0.39, 0.29) is 5.78 Å². The SMILES string of the molecule is CCCN(CC)c1ccc(C(C)=O)cn1. The first-order valence-electron chi connectivity index (χ1n) is 5.41. The molecule has 0 aliphatic carbocycles. The lowest BCUT2D eigenvalue weighted by atomic mass is 10.2. The van der Waals surface area contributed by atoms with Crippen molar-refractivity contribution >= 4 is 11.6 Å². The molecule has 0 aliphatic heterocycles. The predicted octanol–water partition coefficient (Wildman–Crippen LogP) is 2.52. The molecule has 1 aromatic heterocycles. The molecule has 0 amide bonds. The van der Waals surface area contributed by atoms with E-state index in [0.29, 0.717) is 5.56 Å². The molecule has 1 rings (SSSR count). The third-order valence-corrected chi connectivity index (χ3v) is 2.35. The number of hydrogen-bond donors (Lipinski definition) is 0. The highest BCUT2D eigenvalue weighted by atomic mass is 16.1. The van der Waals surface area contributed by atoms with Gasteiger partial charge in [-0.3, -0.25) is 4.79 Å². The Hall–Kier alpha value is -1.38. The van der Waals surface area contributed by atoms with Gasteiger partial charge in [0.1, 0.15) is 5.82 Å². The minimum Gasteiger partial charge on any atom is -0.357 e. The second-order valence-corrected chi connectivity index (χ2v) is 3.54. The Morgan fingerprint density at radius 1 is 1.40 bits per heavy atom. The van der Waals surface area contributed by atoms with E-state index in [9.17, 15) is 4.79 Å². The second-order valence-electron chi connectivity index (χ2n) is 3.54. The van der Waals surface area contributed by atoms with E-state index in [1.54, 1.807) is 13.1 Å². The van der Waals surface area contributed by atoms with E-state index in [0.717, 1.165) is 25.3 Å². The summed E-state index contributed by atoms with van der Waals surface area (Å²) in [4.78, 5) is 17.6. The maximum atomic E-state index is 11.1. The number of carbonyl (C=O) groups is 1. The van der Waals surface area contributed by atoms with Crippen LogP contribution in [-0.2, 0) is 0 Å². The summed E-state index contributed by atoms with van der Waals surface area (Å²) >= 11 is 0. The van der Waals surface area contributed by atoms with Gasteiger partial charge < -0.3 is 4.90 Å². The molecule has 0 aromatic carbocycles. The molecule has 0 bridgehead atoms. The summed E-state index contributed by atoms with van der Waals surface area (Å²) in [5, 5.41) is 0. The van der Waals surface area contributed by atoms with Crippen molar-refractivity contribution in [3.05, 3.63) is 23.9 Å². The van der Waals surface area contributed by atoms with Gasteiger partial charge in [-0.1, -0.05) is 6.92 Å². The summed E-state index contributed by atoms with van der Waals surface area (Å²) in [6.07, 6.45) is 2.75. The monoisotopic (exact) mass is 206 g/mol. The molecule has 15 heavy (non-hydrogen) atoms. The van der Waals surface area contributed by atoms with Crippen LogP contribution in [0.2, 0.25) is 0 Å². The van der Waals surface area contributed by atoms with Gasteiger partial charge in [0.25, 0.3) is 0 Å². The summed E-state index contributed by atoms with van der Waals surface area (Å²) in [7, 11) is 0. The van der Waals surface area contributed by atoms with Gasteiger partial charge in [0, 0.05) is 24.8 Å². The van der Waals surface area contributed by atoms with E-state index < -0.39 is 0 Å². The number of nitrogens with zero attached hydrogens (tertiary/aromatic N) is 2. The molecule has 1 aromatic rings. The van der Waals surface area contributed by atoms with E-state index in [1.165, 1.54) is 0 Å². The summed E-state index contributed by atoms with van der Waals surface area (Å²) < 4.78 is 0. The van der Waals surface area contributed by atoms with E-state index >= 15 is 0 Å². The Bertz CT molecular complexity index is 319. The molecular formula is C12H18N2O. The number of pyridine rings is 1. The largest absolute Gasteiger partial charge is 0.357 e. The molecule has 3 nitrogen and oxygen atoms in total. The summed E-state index contributed by atoms with van der Waals surface area (Å²) in [5.41, 5.74) is 0.673. The molecule has 0 unspecified atom stereocenters. The zero-order valence-electron chi connectivity index (χ0n) is 9.66. The standard InChI is InChI=1S/C12H18N2O/c1-4-8-14(5-2)12-7-6-11(9-13-12)10(3)15/h6-7,9H,4-5,8H2,1-3H3. The number of Topliss-reactive ketones (excluding diaryl/α,β-unsaturated/α-hetero) is 1.